The van der Waals surface area contributed by atoms with Crippen LogP contribution in [0.25, 0.3) is 0 Å². The number of amides is 1. The van der Waals surface area contributed by atoms with Crippen LogP contribution in [-0.4, -0.2) is 49.3 Å². The van der Waals surface area contributed by atoms with Crippen LogP contribution in [0.3, 0.4) is 0 Å². The fourth-order valence-corrected chi connectivity index (χ4v) is 3.20. The van der Waals surface area contributed by atoms with E-state index in [1.54, 1.807) is 0 Å². The number of rotatable bonds is 4. The Balaban J connectivity index is 1.56. The molecule has 1 unspecified atom stereocenters. The van der Waals surface area contributed by atoms with Gasteiger partial charge in [0.2, 0.25) is 0 Å². The number of β-amino-alcohol motifs (C(OH)–C–C–N with tert-alkyl or cyclic N) is 1. The van der Waals surface area contributed by atoms with Gasteiger partial charge in [0.05, 0.1) is 5.60 Å². The standard InChI is InChI=1S/C17H25N3O2/c21-16(19-13-17(22)8-9-18-12-17)14-4-6-15(7-5-14)20-10-2-1-3-11-20/h4-7,18,22H,1-3,8-13H2,(H,19,21). The fourth-order valence-electron chi connectivity index (χ4n) is 3.20. The van der Waals surface area contributed by atoms with Crippen LogP contribution in [0.5, 0.6) is 0 Å². The Morgan fingerprint density at radius 3 is 2.59 bits per heavy atom. The van der Waals surface area contributed by atoms with E-state index in [9.17, 15) is 9.90 Å². The third-order valence-corrected chi connectivity index (χ3v) is 4.65. The average Bonchev–Trinajstić information content (AvgIpc) is 3.01. The SMILES string of the molecule is O=C(NCC1(O)CCNC1)c1ccc(N2CCCCC2)cc1. The quantitative estimate of drug-likeness (QED) is 0.780. The lowest BCUT2D eigenvalue weighted by Crippen LogP contribution is -2.44. The first kappa shape index (κ1) is 15.3. The molecule has 0 radical (unpaired) electrons. The number of hydrogen-bond acceptors (Lipinski definition) is 4. The zero-order valence-electron chi connectivity index (χ0n) is 13.0. The summed E-state index contributed by atoms with van der Waals surface area (Å²) >= 11 is 0. The number of carbonyl (C=O) groups excluding carboxylic acids is 1. The van der Waals surface area contributed by atoms with Crippen LogP contribution in [0.1, 0.15) is 36.0 Å². The van der Waals surface area contributed by atoms with E-state index in [0.717, 1.165) is 19.6 Å². The highest BCUT2D eigenvalue weighted by atomic mass is 16.3. The largest absolute Gasteiger partial charge is 0.387 e. The van der Waals surface area contributed by atoms with Crippen molar-refractivity contribution in [3.05, 3.63) is 29.8 Å². The summed E-state index contributed by atoms with van der Waals surface area (Å²) < 4.78 is 0. The Hall–Kier alpha value is -1.59. The van der Waals surface area contributed by atoms with E-state index in [4.69, 9.17) is 0 Å². The maximum atomic E-state index is 12.2. The van der Waals surface area contributed by atoms with Crippen molar-refractivity contribution < 1.29 is 9.90 Å². The van der Waals surface area contributed by atoms with Crippen molar-refractivity contribution in [1.29, 1.82) is 0 Å². The third-order valence-electron chi connectivity index (χ3n) is 4.65. The topological polar surface area (TPSA) is 64.6 Å². The van der Waals surface area contributed by atoms with Gasteiger partial charge in [-0.15, -0.1) is 0 Å². The summed E-state index contributed by atoms with van der Waals surface area (Å²) in [6, 6.07) is 7.78. The molecule has 3 rings (SSSR count). The first-order valence-corrected chi connectivity index (χ1v) is 8.23. The molecule has 2 heterocycles. The molecular formula is C17H25N3O2. The van der Waals surface area contributed by atoms with Crippen molar-refractivity contribution in [2.24, 2.45) is 0 Å². The summed E-state index contributed by atoms with van der Waals surface area (Å²) in [5.74, 6) is -0.120. The number of nitrogens with zero attached hydrogens (tertiary/aromatic N) is 1. The van der Waals surface area contributed by atoms with Crippen molar-refractivity contribution in [3.63, 3.8) is 0 Å². The predicted octanol–water partition coefficient (Wildman–Crippen LogP) is 1.13. The molecule has 2 saturated heterocycles. The minimum absolute atomic E-state index is 0.120. The smallest absolute Gasteiger partial charge is 0.251 e. The number of nitrogens with one attached hydrogen (secondary N) is 2. The molecule has 1 amide bonds. The zero-order valence-corrected chi connectivity index (χ0v) is 13.0. The van der Waals surface area contributed by atoms with Crippen molar-refractivity contribution in [2.45, 2.75) is 31.3 Å². The molecule has 1 aromatic carbocycles. The van der Waals surface area contributed by atoms with Crippen molar-refractivity contribution >= 4 is 11.6 Å². The van der Waals surface area contributed by atoms with Gasteiger partial charge >= 0.3 is 0 Å². The Bertz CT molecular complexity index is 503. The van der Waals surface area contributed by atoms with Crippen LogP contribution in [0.2, 0.25) is 0 Å². The zero-order chi connectivity index (χ0) is 15.4. The molecule has 0 bridgehead atoms. The lowest BCUT2D eigenvalue weighted by atomic mass is 10.0. The Labute approximate surface area is 131 Å². The molecule has 0 spiro atoms. The molecule has 22 heavy (non-hydrogen) atoms. The molecule has 2 aliphatic rings. The van der Waals surface area contributed by atoms with E-state index in [2.05, 4.69) is 15.5 Å². The highest BCUT2D eigenvalue weighted by Gasteiger charge is 2.31. The van der Waals surface area contributed by atoms with Gasteiger partial charge in [-0.3, -0.25) is 4.79 Å². The van der Waals surface area contributed by atoms with Gasteiger partial charge in [-0.1, -0.05) is 0 Å². The Morgan fingerprint density at radius 1 is 1.23 bits per heavy atom. The highest BCUT2D eigenvalue weighted by Crippen LogP contribution is 2.20. The number of aliphatic hydroxyl groups is 1. The minimum atomic E-state index is -0.802. The first-order valence-electron chi connectivity index (χ1n) is 8.23. The lowest BCUT2D eigenvalue weighted by molar-refractivity contribution is 0.0562. The van der Waals surface area contributed by atoms with Gasteiger partial charge in [0, 0.05) is 37.4 Å². The summed E-state index contributed by atoms with van der Waals surface area (Å²) in [4.78, 5) is 14.5. The van der Waals surface area contributed by atoms with E-state index in [1.807, 2.05) is 24.3 Å². The van der Waals surface area contributed by atoms with Gasteiger partial charge in [-0.05, 0) is 56.5 Å². The molecule has 5 nitrogen and oxygen atoms in total. The van der Waals surface area contributed by atoms with Crippen LogP contribution in [0, 0.1) is 0 Å². The van der Waals surface area contributed by atoms with Crippen LogP contribution >= 0.6 is 0 Å². The second-order valence-corrected chi connectivity index (χ2v) is 6.43. The van der Waals surface area contributed by atoms with Crippen molar-refractivity contribution in [1.82, 2.24) is 10.6 Å². The number of piperidine rings is 1. The number of hydrogen-bond donors (Lipinski definition) is 3. The van der Waals surface area contributed by atoms with Crippen LogP contribution in [0.15, 0.2) is 24.3 Å². The highest BCUT2D eigenvalue weighted by molar-refractivity contribution is 5.94. The monoisotopic (exact) mass is 303 g/mol. The summed E-state index contributed by atoms with van der Waals surface area (Å²) in [7, 11) is 0. The second kappa shape index (κ2) is 6.67. The van der Waals surface area contributed by atoms with E-state index in [-0.39, 0.29) is 5.91 Å². The number of carbonyl (C=O) groups is 1. The first-order chi connectivity index (χ1) is 10.7. The van der Waals surface area contributed by atoms with Gasteiger partial charge < -0.3 is 20.6 Å². The number of benzene rings is 1. The molecule has 1 aromatic rings. The van der Waals surface area contributed by atoms with Crippen LogP contribution in [0.4, 0.5) is 5.69 Å². The molecule has 0 aromatic heterocycles. The summed E-state index contributed by atoms with van der Waals surface area (Å²) in [5.41, 5.74) is 1.04. The van der Waals surface area contributed by atoms with Crippen molar-refractivity contribution in [2.75, 3.05) is 37.6 Å². The average molecular weight is 303 g/mol. The molecule has 2 fully saturated rings. The molecule has 120 valence electrons. The van der Waals surface area contributed by atoms with Gasteiger partial charge in [0.25, 0.3) is 5.91 Å². The minimum Gasteiger partial charge on any atom is -0.387 e. The summed E-state index contributed by atoms with van der Waals surface area (Å²) in [6.45, 7) is 3.85. The summed E-state index contributed by atoms with van der Waals surface area (Å²) in [5, 5.41) is 16.2. The molecular weight excluding hydrogens is 278 g/mol. The van der Waals surface area contributed by atoms with Gasteiger partial charge in [-0.25, -0.2) is 0 Å². The fraction of sp³-hybridized carbons (Fsp3) is 0.588. The Morgan fingerprint density at radius 2 is 1.95 bits per heavy atom. The van der Waals surface area contributed by atoms with E-state index >= 15 is 0 Å². The normalized spacial score (nSPS) is 25.2. The molecule has 2 aliphatic heterocycles. The maximum Gasteiger partial charge on any atom is 0.251 e. The summed E-state index contributed by atoms with van der Waals surface area (Å²) in [6.07, 6.45) is 4.49. The van der Waals surface area contributed by atoms with Gasteiger partial charge in [-0.2, -0.15) is 0 Å². The van der Waals surface area contributed by atoms with E-state index in [1.165, 1.54) is 24.9 Å². The van der Waals surface area contributed by atoms with E-state index < -0.39 is 5.60 Å². The molecule has 0 aliphatic carbocycles. The Kier molecular flexibility index (Phi) is 4.64. The van der Waals surface area contributed by atoms with E-state index in [0.29, 0.717) is 25.1 Å². The van der Waals surface area contributed by atoms with Crippen LogP contribution in [-0.2, 0) is 0 Å². The van der Waals surface area contributed by atoms with Crippen molar-refractivity contribution in [3.8, 4) is 0 Å². The van der Waals surface area contributed by atoms with Gasteiger partial charge in [0.15, 0.2) is 0 Å². The molecule has 1 atom stereocenters. The third kappa shape index (κ3) is 3.59. The molecule has 5 heteroatoms. The number of anilines is 1. The lowest BCUT2D eigenvalue weighted by Gasteiger charge is -2.28. The predicted molar refractivity (Wildman–Crippen MR) is 87.3 cm³/mol. The molecule has 0 saturated carbocycles. The van der Waals surface area contributed by atoms with Gasteiger partial charge in [0.1, 0.15) is 0 Å². The maximum absolute atomic E-state index is 12.2. The second-order valence-electron chi connectivity index (χ2n) is 6.43. The van der Waals surface area contributed by atoms with Crippen LogP contribution < -0.4 is 15.5 Å². The molecule has 3 N–H and O–H groups in total.